The van der Waals surface area contributed by atoms with Crippen LogP contribution in [0.2, 0.25) is 0 Å². The number of nitro groups is 1. The minimum Gasteiger partial charge on any atom is -0.337 e. The average Bonchev–Trinajstić information content (AvgIpc) is 2.45. The van der Waals surface area contributed by atoms with Gasteiger partial charge < -0.3 is 10.2 Å². The molecule has 2 rings (SSSR count). The van der Waals surface area contributed by atoms with E-state index in [1.54, 1.807) is 12.1 Å². The fraction of sp³-hybridized carbons (Fsp3) is 0.462. The van der Waals surface area contributed by atoms with E-state index in [4.69, 9.17) is 0 Å². The summed E-state index contributed by atoms with van der Waals surface area (Å²) < 4.78 is 0. The highest BCUT2D eigenvalue weighted by Crippen LogP contribution is 2.22. The van der Waals surface area contributed by atoms with E-state index in [0.29, 0.717) is 5.75 Å². The van der Waals surface area contributed by atoms with E-state index in [9.17, 15) is 14.9 Å². The highest BCUT2D eigenvalue weighted by atomic mass is 35.5. The standard InChI is InChI=1S/C13H17N3O3S.ClH/c1-10-8-14-6-7-15(10)13(17)9-20-12-4-2-11(3-5-12)16(18)19;/h2-5,10,14H,6-9H2,1H3;1H/t10-;/m0./s1. The first-order chi connectivity index (χ1) is 9.58. The predicted molar refractivity (Wildman–Crippen MR) is 85.1 cm³/mol. The minimum atomic E-state index is -0.429. The quantitative estimate of drug-likeness (QED) is 0.518. The normalized spacial score (nSPS) is 18.0. The molecule has 0 bridgehead atoms. The Bertz CT molecular complexity index is 498. The third-order valence-electron chi connectivity index (χ3n) is 3.23. The van der Waals surface area contributed by atoms with Crippen molar-refractivity contribution in [3.8, 4) is 0 Å². The Hall–Kier alpha value is -1.31. The van der Waals surface area contributed by atoms with Gasteiger partial charge >= 0.3 is 0 Å². The Morgan fingerprint density at radius 2 is 2.14 bits per heavy atom. The number of nitro benzene ring substituents is 1. The summed E-state index contributed by atoms with van der Waals surface area (Å²) >= 11 is 1.41. The van der Waals surface area contributed by atoms with Gasteiger partial charge in [-0.05, 0) is 19.1 Å². The number of non-ortho nitro benzene ring substituents is 1. The SMILES string of the molecule is C[C@H]1CNCCN1C(=O)CSc1ccc([N+](=O)[O-])cc1.Cl. The Balaban J connectivity index is 0.00000220. The number of rotatable bonds is 4. The maximum Gasteiger partial charge on any atom is 0.269 e. The molecule has 1 heterocycles. The number of nitrogens with zero attached hydrogens (tertiary/aromatic N) is 2. The van der Waals surface area contributed by atoms with Crippen LogP contribution in [-0.2, 0) is 4.79 Å². The van der Waals surface area contributed by atoms with E-state index >= 15 is 0 Å². The summed E-state index contributed by atoms with van der Waals surface area (Å²) in [7, 11) is 0. The third-order valence-corrected chi connectivity index (χ3v) is 4.23. The number of nitrogens with one attached hydrogen (secondary N) is 1. The van der Waals surface area contributed by atoms with E-state index in [1.165, 1.54) is 23.9 Å². The van der Waals surface area contributed by atoms with Crippen LogP contribution in [0.15, 0.2) is 29.2 Å². The summed E-state index contributed by atoms with van der Waals surface area (Å²) in [6.07, 6.45) is 0. The molecule has 1 amide bonds. The first-order valence-corrected chi connectivity index (χ1v) is 7.44. The molecule has 8 heteroatoms. The molecule has 0 unspecified atom stereocenters. The van der Waals surface area contributed by atoms with Crippen molar-refractivity contribution in [3.05, 3.63) is 34.4 Å². The van der Waals surface area contributed by atoms with E-state index in [2.05, 4.69) is 5.32 Å². The number of thioether (sulfide) groups is 1. The van der Waals surface area contributed by atoms with Crippen LogP contribution in [0.25, 0.3) is 0 Å². The molecule has 1 aliphatic heterocycles. The minimum absolute atomic E-state index is 0. The molecule has 0 aliphatic carbocycles. The second-order valence-corrected chi connectivity index (χ2v) is 5.73. The first-order valence-electron chi connectivity index (χ1n) is 6.45. The number of hydrogen-bond donors (Lipinski definition) is 1. The highest BCUT2D eigenvalue weighted by Gasteiger charge is 2.22. The molecule has 6 nitrogen and oxygen atoms in total. The van der Waals surface area contributed by atoms with E-state index < -0.39 is 4.92 Å². The number of hydrogen-bond acceptors (Lipinski definition) is 5. The second-order valence-electron chi connectivity index (χ2n) is 4.68. The lowest BCUT2D eigenvalue weighted by molar-refractivity contribution is -0.384. The van der Waals surface area contributed by atoms with Gasteiger partial charge in [-0.2, -0.15) is 0 Å². The van der Waals surface area contributed by atoms with Gasteiger partial charge in [0.2, 0.25) is 5.91 Å². The summed E-state index contributed by atoms with van der Waals surface area (Å²) in [5.41, 5.74) is 0.0661. The molecule has 116 valence electrons. The fourth-order valence-electron chi connectivity index (χ4n) is 2.10. The van der Waals surface area contributed by atoms with Gasteiger partial charge in [0.1, 0.15) is 0 Å². The number of benzene rings is 1. The van der Waals surface area contributed by atoms with Crippen LogP contribution in [0, 0.1) is 10.1 Å². The van der Waals surface area contributed by atoms with Crippen LogP contribution in [0.5, 0.6) is 0 Å². The molecular formula is C13H18ClN3O3S. The lowest BCUT2D eigenvalue weighted by atomic mass is 10.2. The topological polar surface area (TPSA) is 75.5 Å². The smallest absolute Gasteiger partial charge is 0.269 e. The number of piperazine rings is 1. The summed E-state index contributed by atoms with van der Waals surface area (Å²) in [5.74, 6) is 0.477. The Kier molecular flexibility index (Phi) is 6.94. The Labute approximate surface area is 133 Å². The number of carbonyl (C=O) groups excluding carboxylic acids is 1. The van der Waals surface area contributed by atoms with Gasteiger partial charge in [-0.1, -0.05) is 0 Å². The maximum absolute atomic E-state index is 12.1. The lowest BCUT2D eigenvalue weighted by Gasteiger charge is -2.33. The summed E-state index contributed by atoms with van der Waals surface area (Å²) in [5, 5.41) is 13.8. The average molecular weight is 332 g/mol. The molecule has 1 N–H and O–H groups in total. The Morgan fingerprint density at radius 1 is 1.48 bits per heavy atom. The van der Waals surface area contributed by atoms with Crippen molar-refractivity contribution in [1.29, 1.82) is 0 Å². The van der Waals surface area contributed by atoms with Crippen molar-refractivity contribution >= 4 is 35.8 Å². The zero-order chi connectivity index (χ0) is 14.5. The molecule has 1 fully saturated rings. The Morgan fingerprint density at radius 3 is 2.71 bits per heavy atom. The summed E-state index contributed by atoms with van der Waals surface area (Å²) in [6.45, 7) is 4.42. The van der Waals surface area contributed by atoms with Crippen LogP contribution >= 0.6 is 24.2 Å². The van der Waals surface area contributed by atoms with Crippen LogP contribution in [-0.4, -0.2) is 47.2 Å². The van der Waals surface area contributed by atoms with Gasteiger partial charge in [0.25, 0.3) is 5.69 Å². The van der Waals surface area contributed by atoms with E-state index in [1.807, 2.05) is 11.8 Å². The molecular weight excluding hydrogens is 314 g/mol. The van der Waals surface area contributed by atoms with Crippen LogP contribution in [0.3, 0.4) is 0 Å². The van der Waals surface area contributed by atoms with Crippen LogP contribution < -0.4 is 5.32 Å². The van der Waals surface area contributed by atoms with Crippen molar-refractivity contribution in [1.82, 2.24) is 10.2 Å². The zero-order valence-electron chi connectivity index (χ0n) is 11.7. The van der Waals surface area contributed by atoms with Gasteiger partial charge in [-0.3, -0.25) is 14.9 Å². The molecule has 0 saturated carbocycles. The molecule has 0 spiro atoms. The zero-order valence-corrected chi connectivity index (χ0v) is 13.3. The van der Waals surface area contributed by atoms with Gasteiger partial charge in [-0.25, -0.2) is 0 Å². The monoisotopic (exact) mass is 331 g/mol. The van der Waals surface area contributed by atoms with Crippen LogP contribution in [0.1, 0.15) is 6.92 Å². The molecule has 1 atom stereocenters. The third kappa shape index (κ3) is 4.87. The highest BCUT2D eigenvalue weighted by molar-refractivity contribution is 8.00. The molecule has 1 aromatic rings. The second kappa shape index (κ2) is 8.21. The van der Waals surface area contributed by atoms with Crippen LogP contribution in [0.4, 0.5) is 5.69 Å². The summed E-state index contributed by atoms with van der Waals surface area (Å²) in [6, 6.07) is 6.49. The molecule has 1 aromatic carbocycles. The predicted octanol–water partition coefficient (Wildman–Crippen LogP) is 1.93. The van der Waals surface area contributed by atoms with Crippen molar-refractivity contribution in [2.24, 2.45) is 0 Å². The van der Waals surface area contributed by atoms with Gasteiger partial charge in [0.15, 0.2) is 0 Å². The van der Waals surface area contributed by atoms with Crippen molar-refractivity contribution in [2.45, 2.75) is 17.9 Å². The van der Waals surface area contributed by atoms with Crippen molar-refractivity contribution in [2.75, 3.05) is 25.4 Å². The fourth-order valence-corrected chi connectivity index (χ4v) is 2.89. The first kappa shape index (κ1) is 17.7. The van der Waals surface area contributed by atoms with Crippen molar-refractivity contribution in [3.63, 3.8) is 0 Å². The largest absolute Gasteiger partial charge is 0.337 e. The maximum atomic E-state index is 12.1. The van der Waals surface area contributed by atoms with Gasteiger partial charge in [0.05, 0.1) is 10.7 Å². The van der Waals surface area contributed by atoms with E-state index in [-0.39, 0.29) is 30.0 Å². The lowest BCUT2D eigenvalue weighted by Crippen LogP contribution is -2.52. The van der Waals surface area contributed by atoms with Crippen molar-refractivity contribution < 1.29 is 9.72 Å². The summed E-state index contributed by atoms with van der Waals surface area (Å²) in [4.78, 5) is 25.0. The van der Waals surface area contributed by atoms with Gasteiger partial charge in [-0.15, -0.1) is 24.2 Å². The van der Waals surface area contributed by atoms with Gasteiger partial charge in [0, 0.05) is 42.7 Å². The molecule has 1 saturated heterocycles. The number of carbonyl (C=O) groups is 1. The molecule has 0 aromatic heterocycles. The molecule has 21 heavy (non-hydrogen) atoms. The number of amides is 1. The number of halogens is 1. The van der Waals surface area contributed by atoms with E-state index in [0.717, 1.165) is 24.5 Å². The molecule has 0 radical (unpaired) electrons. The molecule has 1 aliphatic rings.